The molecule has 2 aliphatic heterocycles. The molecular weight excluding hydrogens is 531 g/mol. The first-order valence-corrected chi connectivity index (χ1v) is 14.0. The van der Waals surface area contributed by atoms with Crippen LogP contribution in [0.25, 0.3) is 10.4 Å². The molecule has 1 aromatic carbocycles. The zero-order valence-electron chi connectivity index (χ0n) is 23.0. The van der Waals surface area contributed by atoms with Crippen molar-refractivity contribution in [2.75, 3.05) is 33.2 Å². The number of thiophene rings is 1. The first-order valence-electron chi connectivity index (χ1n) is 13.2. The van der Waals surface area contributed by atoms with Gasteiger partial charge in [-0.1, -0.05) is 12.1 Å². The van der Waals surface area contributed by atoms with Gasteiger partial charge in [0.05, 0.1) is 10.9 Å². The topological polar surface area (TPSA) is 71.1 Å². The van der Waals surface area contributed by atoms with Crippen LogP contribution >= 0.6 is 11.3 Å². The molecular formula is C28H36F3N3O4S. The summed E-state index contributed by atoms with van der Waals surface area (Å²) in [4.78, 5) is 30.5. The zero-order chi connectivity index (χ0) is 28.5. The number of alkyl carbamates (subject to hydrolysis) is 1. The predicted molar refractivity (Wildman–Crippen MR) is 144 cm³/mol. The van der Waals surface area contributed by atoms with Gasteiger partial charge in [-0.15, -0.1) is 24.5 Å². The van der Waals surface area contributed by atoms with Crippen molar-refractivity contribution >= 4 is 23.3 Å². The van der Waals surface area contributed by atoms with Crippen LogP contribution in [0.2, 0.25) is 0 Å². The summed E-state index contributed by atoms with van der Waals surface area (Å²) in [5.74, 6) is -0.344. The number of halogens is 3. The molecule has 0 aliphatic carbocycles. The van der Waals surface area contributed by atoms with Crippen molar-refractivity contribution < 1.29 is 32.2 Å². The SMILES string of the molecule is Cc1cc(-c2ccc(C3CCN(C)CC3)c(OC(F)(F)F)c2)sc1C(=O)N1CC[C@H](NC(=O)OC(C)(C)C)C1. The Morgan fingerprint density at radius 3 is 2.38 bits per heavy atom. The molecule has 214 valence electrons. The molecule has 0 radical (unpaired) electrons. The van der Waals surface area contributed by atoms with Gasteiger partial charge in [0.25, 0.3) is 5.91 Å². The van der Waals surface area contributed by atoms with Crippen molar-refractivity contribution in [1.29, 1.82) is 0 Å². The van der Waals surface area contributed by atoms with E-state index in [9.17, 15) is 22.8 Å². The van der Waals surface area contributed by atoms with Crippen molar-refractivity contribution in [3.63, 3.8) is 0 Å². The average Bonchev–Trinajstić information content (AvgIpc) is 3.43. The molecule has 0 spiro atoms. The van der Waals surface area contributed by atoms with Crippen LogP contribution in [0.15, 0.2) is 24.3 Å². The summed E-state index contributed by atoms with van der Waals surface area (Å²) in [6.45, 7) is 9.66. The van der Waals surface area contributed by atoms with Crippen LogP contribution in [0.4, 0.5) is 18.0 Å². The largest absolute Gasteiger partial charge is 0.573 e. The minimum atomic E-state index is -4.80. The number of alkyl halides is 3. The minimum Gasteiger partial charge on any atom is -0.444 e. The molecule has 7 nitrogen and oxygen atoms in total. The standard InChI is InChI=1S/C28H36F3N3O4S/c1-17-14-23(39-24(17)25(35)34-13-10-20(16-34)32-26(36)38-27(2,3)4)19-6-7-21(18-8-11-33(5)12-9-18)22(15-19)37-28(29,30)31/h6-7,14-15,18,20H,8-13,16H2,1-5H3,(H,32,36)/t20-/m0/s1. The van der Waals surface area contributed by atoms with Gasteiger partial charge in [-0.2, -0.15) is 0 Å². The Bertz CT molecular complexity index is 1200. The molecule has 1 aromatic heterocycles. The van der Waals surface area contributed by atoms with E-state index in [2.05, 4.69) is 15.0 Å². The quantitative estimate of drug-likeness (QED) is 0.468. The molecule has 0 saturated carbocycles. The summed E-state index contributed by atoms with van der Waals surface area (Å²) >= 11 is 1.25. The Labute approximate surface area is 231 Å². The number of nitrogens with one attached hydrogen (secondary N) is 1. The van der Waals surface area contributed by atoms with Crippen molar-refractivity contribution in [2.24, 2.45) is 0 Å². The predicted octanol–water partition coefficient (Wildman–Crippen LogP) is 6.17. The Morgan fingerprint density at radius 2 is 1.74 bits per heavy atom. The summed E-state index contributed by atoms with van der Waals surface area (Å²) in [6, 6.07) is 6.60. The second-order valence-corrected chi connectivity index (χ2v) is 12.4. The first-order chi connectivity index (χ1) is 18.2. The van der Waals surface area contributed by atoms with Gasteiger partial charge in [0.1, 0.15) is 11.4 Å². The van der Waals surface area contributed by atoms with E-state index in [0.717, 1.165) is 31.5 Å². The number of nitrogens with zero attached hydrogens (tertiary/aromatic N) is 2. The summed E-state index contributed by atoms with van der Waals surface area (Å²) in [6.07, 6.45) is -3.18. The van der Waals surface area contributed by atoms with Gasteiger partial charge in [-0.25, -0.2) is 4.79 Å². The van der Waals surface area contributed by atoms with Gasteiger partial charge in [0.15, 0.2) is 0 Å². The van der Waals surface area contributed by atoms with Crippen LogP contribution in [0.5, 0.6) is 5.75 Å². The number of ether oxygens (including phenoxy) is 2. The second-order valence-electron chi connectivity index (χ2n) is 11.4. The van der Waals surface area contributed by atoms with E-state index in [1.54, 1.807) is 31.7 Å². The Morgan fingerprint density at radius 1 is 1.05 bits per heavy atom. The molecule has 4 rings (SSSR count). The number of aryl methyl sites for hydroxylation is 1. The van der Waals surface area contributed by atoms with E-state index in [4.69, 9.17) is 4.74 Å². The molecule has 0 unspecified atom stereocenters. The molecule has 1 atom stereocenters. The van der Waals surface area contributed by atoms with E-state index in [1.165, 1.54) is 17.4 Å². The van der Waals surface area contributed by atoms with Crippen LogP contribution in [0, 0.1) is 6.92 Å². The van der Waals surface area contributed by atoms with E-state index in [1.807, 2.05) is 26.1 Å². The van der Waals surface area contributed by atoms with Gasteiger partial charge < -0.3 is 24.6 Å². The Hall–Kier alpha value is -2.79. The summed E-state index contributed by atoms with van der Waals surface area (Å²) in [5.41, 5.74) is 1.28. The second kappa shape index (κ2) is 11.4. The van der Waals surface area contributed by atoms with Crippen molar-refractivity contribution in [2.45, 2.75) is 70.9 Å². The molecule has 2 aromatic rings. The first kappa shape index (κ1) is 29.2. The fraction of sp³-hybridized carbons (Fsp3) is 0.571. The lowest BCUT2D eigenvalue weighted by Crippen LogP contribution is -2.41. The van der Waals surface area contributed by atoms with Gasteiger partial charge >= 0.3 is 12.5 Å². The molecule has 2 saturated heterocycles. The number of likely N-dealkylation sites (tertiary alicyclic amines) is 2. The van der Waals surface area contributed by atoms with Crippen molar-refractivity contribution in [3.05, 3.63) is 40.3 Å². The zero-order valence-corrected chi connectivity index (χ0v) is 23.8. The molecule has 39 heavy (non-hydrogen) atoms. The van der Waals surface area contributed by atoms with E-state index in [-0.39, 0.29) is 23.6 Å². The van der Waals surface area contributed by atoms with Gasteiger partial charge in [0.2, 0.25) is 0 Å². The fourth-order valence-electron chi connectivity index (χ4n) is 5.07. The summed E-state index contributed by atoms with van der Waals surface area (Å²) in [7, 11) is 2.00. The van der Waals surface area contributed by atoms with Gasteiger partial charge in [-0.05, 0) is 102 Å². The van der Waals surface area contributed by atoms with E-state index in [0.29, 0.717) is 40.4 Å². The highest BCUT2D eigenvalue weighted by molar-refractivity contribution is 7.17. The number of amides is 2. The normalized spacial score (nSPS) is 19.3. The molecule has 0 bridgehead atoms. The third-order valence-corrected chi connectivity index (χ3v) is 8.26. The van der Waals surface area contributed by atoms with Crippen LogP contribution in [-0.2, 0) is 4.74 Å². The number of hydrogen-bond acceptors (Lipinski definition) is 6. The minimum absolute atomic E-state index is 0.00721. The lowest BCUT2D eigenvalue weighted by Gasteiger charge is -2.30. The maximum absolute atomic E-state index is 13.3. The van der Waals surface area contributed by atoms with Crippen LogP contribution in [0.3, 0.4) is 0 Å². The van der Waals surface area contributed by atoms with Crippen molar-refractivity contribution in [1.82, 2.24) is 15.1 Å². The van der Waals surface area contributed by atoms with Crippen LogP contribution in [-0.4, -0.2) is 73.0 Å². The molecule has 2 fully saturated rings. The number of piperidine rings is 1. The highest BCUT2D eigenvalue weighted by Crippen LogP contribution is 2.41. The van der Waals surface area contributed by atoms with Crippen LogP contribution < -0.4 is 10.1 Å². The lowest BCUT2D eigenvalue weighted by atomic mass is 9.88. The molecule has 2 amide bonds. The molecule has 1 N–H and O–H groups in total. The third-order valence-electron chi connectivity index (χ3n) is 6.99. The summed E-state index contributed by atoms with van der Waals surface area (Å²) < 4.78 is 49.7. The monoisotopic (exact) mass is 567 g/mol. The van der Waals surface area contributed by atoms with Gasteiger partial charge in [0, 0.05) is 18.0 Å². The van der Waals surface area contributed by atoms with E-state index >= 15 is 0 Å². The smallest absolute Gasteiger partial charge is 0.444 e. The number of carbonyl (C=O) groups excluding carboxylic acids is 2. The average molecular weight is 568 g/mol. The maximum atomic E-state index is 13.3. The van der Waals surface area contributed by atoms with E-state index < -0.39 is 18.1 Å². The van der Waals surface area contributed by atoms with Crippen LogP contribution in [0.1, 0.15) is 66.8 Å². The number of hydrogen-bond donors (Lipinski definition) is 1. The Kier molecular flexibility index (Phi) is 8.51. The Balaban J connectivity index is 1.50. The maximum Gasteiger partial charge on any atom is 0.573 e. The highest BCUT2D eigenvalue weighted by atomic mass is 32.1. The molecule has 3 heterocycles. The lowest BCUT2D eigenvalue weighted by molar-refractivity contribution is -0.275. The molecule has 2 aliphatic rings. The van der Waals surface area contributed by atoms with Crippen molar-refractivity contribution in [3.8, 4) is 16.2 Å². The van der Waals surface area contributed by atoms with Gasteiger partial charge in [-0.3, -0.25) is 4.79 Å². The summed E-state index contributed by atoms with van der Waals surface area (Å²) in [5, 5.41) is 2.82. The third kappa shape index (κ3) is 7.66. The number of rotatable bonds is 5. The molecule has 11 heteroatoms. The number of benzene rings is 1. The fourth-order valence-corrected chi connectivity index (χ4v) is 6.21. The highest BCUT2D eigenvalue weighted by Gasteiger charge is 2.34. The number of carbonyl (C=O) groups is 2.